The molecule has 2 aromatic carbocycles. The Bertz CT molecular complexity index is 1500. The Hall–Kier alpha value is -3.12. The average Bonchev–Trinajstić information content (AvgIpc) is 3.45. The lowest BCUT2D eigenvalue weighted by molar-refractivity contribution is -0.430. The quantitative estimate of drug-likeness (QED) is 0.288. The highest BCUT2D eigenvalue weighted by Crippen LogP contribution is 3.02. The van der Waals surface area contributed by atoms with Crippen molar-refractivity contribution in [2.45, 2.75) is 50.3 Å². The fourth-order valence-corrected chi connectivity index (χ4v) is 7.06. The van der Waals surface area contributed by atoms with Crippen molar-refractivity contribution < 1.29 is 24.0 Å². The van der Waals surface area contributed by atoms with Crippen molar-refractivity contribution in [3.8, 4) is 6.07 Å². The molecular weight excluding hydrogens is 505 g/mol. The molecule has 1 unspecified atom stereocenters. The van der Waals surface area contributed by atoms with Crippen LogP contribution in [-0.4, -0.2) is 23.4 Å². The predicted octanol–water partition coefficient (Wildman–Crippen LogP) is 8.26. The molecule has 2 aliphatic heterocycles. The summed E-state index contributed by atoms with van der Waals surface area (Å²) in [5.74, 6) is 0.264. The van der Waals surface area contributed by atoms with Crippen molar-refractivity contribution in [1.82, 2.24) is 0 Å². The normalized spacial score (nSPS) is 25.1. The number of nitrogens with zero attached hydrogens (tertiary/aromatic N) is 3. The second-order valence-corrected chi connectivity index (χ2v) is 12.9. The SMILES string of the molecule is Cc1ccc2c(c1)CCN2C1=CC2=C(C#N)C(=[N+]3CCc4cc(S(F)(F)(F)(F)F)ccc43)CCC2CC1. The van der Waals surface area contributed by atoms with Crippen molar-refractivity contribution >= 4 is 27.3 Å². The molecule has 37 heavy (non-hydrogen) atoms. The van der Waals surface area contributed by atoms with Gasteiger partial charge in [0.2, 0.25) is 5.69 Å². The minimum atomic E-state index is -9.75. The summed E-state index contributed by atoms with van der Waals surface area (Å²) in [6.07, 6.45) is 6.71. The second-order valence-electron chi connectivity index (χ2n) is 10.5. The smallest absolute Gasteiger partial charge is 0.310 e. The standard InChI is InChI=1S/C28H27F5N3S/c1-18-2-7-26-20(14-18)10-12-35(26)22-5-3-19-4-8-28(25(17-34)24(19)16-22)36-13-11-21-15-23(6-9-27(21)36)37(29,30,31,32)33/h2,6-7,9,14-16,19H,3-5,8,10-13H2,1H3/q+1. The second kappa shape index (κ2) is 7.47. The first kappa shape index (κ1) is 24.2. The molecule has 0 saturated heterocycles. The van der Waals surface area contributed by atoms with Crippen molar-refractivity contribution in [3.63, 3.8) is 0 Å². The summed E-state index contributed by atoms with van der Waals surface area (Å²) in [6, 6.07) is 11.1. The molecule has 0 amide bonds. The summed E-state index contributed by atoms with van der Waals surface area (Å²) in [5, 5.41) is 10.2. The topological polar surface area (TPSA) is 30.0 Å². The summed E-state index contributed by atoms with van der Waals surface area (Å²) in [6.45, 7) is 3.35. The molecule has 3 nitrogen and oxygen atoms in total. The highest BCUT2D eigenvalue weighted by Gasteiger charge is 2.65. The largest absolute Gasteiger partial charge is 0.345 e. The van der Waals surface area contributed by atoms with Crippen LogP contribution in [0.4, 0.5) is 30.8 Å². The fraction of sp³-hybridized carbons (Fsp3) is 0.357. The number of nitriles is 1. The summed E-state index contributed by atoms with van der Waals surface area (Å²) < 4.78 is 68.7. The van der Waals surface area contributed by atoms with Crippen LogP contribution in [0, 0.1) is 24.2 Å². The van der Waals surface area contributed by atoms with E-state index in [9.17, 15) is 24.7 Å². The number of aryl methyl sites for hydroxylation is 1. The van der Waals surface area contributed by atoms with Gasteiger partial charge in [0.15, 0.2) is 12.3 Å². The molecule has 6 rings (SSSR count). The van der Waals surface area contributed by atoms with Crippen LogP contribution < -0.4 is 4.90 Å². The fourth-order valence-electron chi connectivity index (χ4n) is 6.37. The minimum absolute atomic E-state index is 0.225. The van der Waals surface area contributed by atoms with Gasteiger partial charge in [0.25, 0.3) is 0 Å². The first-order valence-corrected chi connectivity index (χ1v) is 14.5. The average molecular weight is 533 g/mol. The Morgan fingerprint density at radius 2 is 1.73 bits per heavy atom. The zero-order valence-electron chi connectivity index (χ0n) is 20.4. The molecule has 0 saturated carbocycles. The van der Waals surface area contributed by atoms with Crippen LogP contribution in [-0.2, 0) is 12.8 Å². The van der Waals surface area contributed by atoms with E-state index in [2.05, 4.69) is 42.2 Å². The molecule has 4 aliphatic rings. The zero-order chi connectivity index (χ0) is 26.2. The molecule has 0 bridgehead atoms. The van der Waals surface area contributed by atoms with E-state index in [4.69, 9.17) is 0 Å². The van der Waals surface area contributed by atoms with E-state index in [1.807, 2.05) is 4.58 Å². The maximum Gasteiger partial charge on any atom is 0.310 e. The summed E-state index contributed by atoms with van der Waals surface area (Å²) in [5.41, 5.74) is 8.02. The first-order chi connectivity index (χ1) is 17.3. The number of allylic oxidation sites excluding steroid dienone is 4. The lowest BCUT2D eigenvalue weighted by Crippen LogP contribution is -2.29. The van der Waals surface area contributed by atoms with Crippen LogP contribution in [0.25, 0.3) is 0 Å². The van der Waals surface area contributed by atoms with Gasteiger partial charge in [0, 0.05) is 42.4 Å². The van der Waals surface area contributed by atoms with Crippen LogP contribution >= 0.6 is 10.2 Å². The van der Waals surface area contributed by atoms with E-state index in [-0.39, 0.29) is 17.9 Å². The van der Waals surface area contributed by atoms with Gasteiger partial charge in [-0.2, -0.15) is 9.84 Å². The summed E-state index contributed by atoms with van der Waals surface area (Å²) >= 11 is 0. The molecule has 0 radical (unpaired) electrons. The first-order valence-electron chi connectivity index (χ1n) is 12.5. The third kappa shape index (κ3) is 4.15. The van der Waals surface area contributed by atoms with Gasteiger partial charge in [-0.25, -0.2) is 0 Å². The molecule has 194 valence electrons. The van der Waals surface area contributed by atoms with Crippen molar-refractivity contribution in [2.24, 2.45) is 5.92 Å². The van der Waals surface area contributed by atoms with Gasteiger partial charge in [-0.05, 0) is 73.9 Å². The van der Waals surface area contributed by atoms with Crippen LogP contribution in [0.3, 0.4) is 0 Å². The van der Waals surface area contributed by atoms with Crippen molar-refractivity contribution in [1.29, 1.82) is 5.26 Å². The molecule has 0 N–H and O–H groups in total. The Labute approximate surface area is 212 Å². The number of hydrogen-bond donors (Lipinski definition) is 0. The number of benzene rings is 2. The van der Waals surface area contributed by atoms with Crippen molar-refractivity contribution in [3.05, 3.63) is 76.0 Å². The van der Waals surface area contributed by atoms with E-state index in [1.165, 1.54) is 22.5 Å². The number of rotatable bonds is 2. The van der Waals surface area contributed by atoms with Crippen LogP contribution in [0.5, 0.6) is 0 Å². The van der Waals surface area contributed by atoms with E-state index in [0.29, 0.717) is 36.4 Å². The lowest BCUT2D eigenvalue weighted by atomic mass is 9.76. The third-order valence-electron chi connectivity index (χ3n) is 8.12. The monoisotopic (exact) mass is 532 g/mol. The van der Waals surface area contributed by atoms with Crippen LogP contribution in [0.15, 0.2) is 64.2 Å². The highest BCUT2D eigenvalue weighted by atomic mass is 32.5. The van der Waals surface area contributed by atoms with Crippen molar-refractivity contribution in [2.75, 3.05) is 18.0 Å². The van der Waals surface area contributed by atoms with Gasteiger partial charge in [-0.15, -0.1) is 0 Å². The van der Waals surface area contributed by atoms with Gasteiger partial charge in [0.1, 0.15) is 16.5 Å². The molecule has 9 heteroatoms. The molecular formula is C28H27F5N3S+. The van der Waals surface area contributed by atoms with Gasteiger partial charge < -0.3 is 4.90 Å². The lowest BCUT2D eigenvalue weighted by Gasteiger charge is -2.40. The Kier molecular flexibility index (Phi) is 4.89. The third-order valence-corrected chi connectivity index (χ3v) is 9.27. The number of hydrogen-bond acceptors (Lipinski definition) is 2. The molecule has 2 aliphatic carbocycles. The van der Waals surface area contributed by atoms with E-state index in [0.717, 1.165) is 49.6 Å². The molecule has 2 heterocycles. The zero-order valence-corrected chi connectivity index (χ0v) is 21.2. The van der Waals surface area contributed by atoms with Crippen LogP contribution in [0.1, 0.15) is 42.4 Å². The molecule has 0 aromatic heterocycles. The Morgan fingerprint density at radius 1 is 0.946 bits per heavy atom. The molecule has 0 spiro atoms. The van der Waals surface area contributed by atoms with Gasteiger partial charge in [-0.3, -0.25) is 0 Å². The summed E-state index contributed by atoms with van der Waals surface area (Å²) in [4.78, 5) is 0.489. The molecule has 2 aromatic rings. The number of anilines is 1. The highest BCUT2D eigenvalue weighted by molar-refractivity contribution is 8.45. The van der Waals surface area contributed by atoms with Crippen LogP contribution in [0.2, 0.25) is 0 Å². The van der Waals surface area contributed by atoms with Gasteiger partial charge >= 0.3 is 10.2 Å². The number of halogens is 5. The van der Waals surface area contributed by atoms with E-state index >= 15 is 0 Å². The maximum absolute atomic E-state index is 13.4. The van der Waals surface area contributed by atoms with E-state index in [1.54, 1.807) is 0 Å². The minimum Gasteiger partial charge on any atom is -0.345 e. The Balaban J connectivity index is 1.42. The Morgan fingerprint density at radius 3 is 2.49 bits per heavy atom. The van der Waals surface area contributed by atoms with Gasteiger partial charge in [0.05, 0.1) is 0 Å². The molecule has 0 fully saturated rings. The maximum atomic E-state index is 13.4. The van der Waals surface area contributed by atoms with E-state index < -0.39 is 15.1 Å². The number of fused-ring (bicyclic) bond motifs is 3. The summed E-state index contributed by atoms with van der Waals surface area (Å²) in [7, 11) is -9.75. The molecule has 1 atom stereocenters. The predicted molar refractivity (Wildman–Crippen MR) is 136 cm³/mol. The van der Waals surface area contributed by atoms with Gasteiger partial charge in [-0.1, -0.05) is 37.1 Å².